The van der Waals surface area contributed by atoms with E-state index >= 15 is 0 Å². The molecule has 2 amide bonds. The zero-order valence-electron chi connectivity index (χ0n) is 19.5. The largest absolute Gasteiger partial charge is 0.480 e. The van der Waals surface area contributed by atoms with Crippen LogP contribution in [0.3, 0.4) is 0 Å². The van der Waals surface area contributed by atoms with Gasteiger partial charge in [-0.15, -0.1) is 0 Å². The van der Waals surface area contributed by atoms with Gasteiger partial charge in [-0.3, -0.25) is 4.79 Å². The van der Waals surface area contributed by atoms with Gasteiger partial charge in [0.2, 0.25) is 0 Å². The number of aliphatic carboxylic acids is 1. The Hall–Kier alpha value is -4.14. The van der Waals surface area contributed by atoms with Crippen LogP contribution >= 0.6 is 0 Å². The summed E-state index contributed by atoms with van der Waals surface area (Å²) in [6.45, 7) is 3.77. The first-order chi connectivity index (χ1) is 16.8. The van der Waals surface area contributed by atoms with Gasteiger partial charge in [-0.1, -0.05) is 67.5 Å². The lowest BCUT2D eigenvalue weighted by Crippen LogP contribution is -2.42. The van der Waals surface area contributed by atoms with Gasteiger partial charge in [0.05, 0.1) is 6.54 Å². The Morgan fingerprint density at radius 3 is 2.29 bits per heavy atom. The molecule has 1 atom stereocenters. The Bertz CT molecular complexity index is 1190. The number of aromatic nitrogens is 1. The molecular weight excluding hydrogens is 450 g/mol. The van der Waals surface area contributed by atoms with Crippen molar-refractivity contribution in [1.29, 1.82) is 0 Å². The maximum absolute atomic E-state index is 12.6. The molecule has 1 aromatic heterocycles. The molecule has 2 aromatic carbocycles. The minimum Gasteiger partial charge on any atom is -0.480 e. The van der Waals surface area contributed by atoms with Crippen molar-refractivity contribution in [2.45, 2.75) is 38.8 Å². The number of carboxylic acids is 1. The topological polar surface area (TPSA) is 131 Å². The molecule has 0 saturated heterocycles. The smallest absolute Gasteiger partial charge is 0.407 e. The van der Waals surface area contributed by atoms with Crippen molar-refractivity contribution < 1.29 is 28.8 Å². The summed E-state index contributed by atoms with van der Waals surface area (Å²) >= 11 is 0. The van der Waals surface area contributed by atoms with Gasteiger partial charge in [0, 0.05) is 5.92 Å². The molecule has 3 aromatic rings. The molecule has 1 aliphatic carbocycles. The minimum absolute atomic E-state index is 0.0546. The second-order valence-electron chi connectivity index (χ2n) is 8.85. The van der Waals surface area contributed by atoms with Crippen molar-refractivity contribution in [3.05, 3.63) is 77.2 Å². The molecule has 1 aliphatic rings. The van der Waals surface area contributed by atoms with Gasteiger partial charge < -0.3 is 25.0 Å². The molecule has 0 radical (unpaired) electrons. The van der Waals surface area contributed by atoms with Crippen LogP contribution < -0.4 is 10.6 Å². The second kappa shape index (κ2) is 10.4. The lowest BCUT2D eigenvalue weighted by Gasteiger charge is -2.16. The van der Waals surface area contributed by atoms with Crippen molar-refractivity contribution >= 4 is 18.0 Å². The van der Waals surface area contributed by atoms with Crippen LogP contribution in [-0.2, 0) is 16.1 Å². The Balaban J connectivity index is 1.35. The minimum atomic E-state index is -1.12. The van der Waals surface area contributed by atoms with Gasteiger partial charge in [-0.2, -0.15) is 0 Å². The Labute approximate surface area is 202 Å². The van der Waals surface area contributed by atoms with E-state index in [-0.39, 0.29) is 42.7 Å². The molecule has 3 N–H and O–H groups in total. The zero-order chi connectivity index (χ0) is 24.9. The van der Waals surface area contributed by atoms with Gasteiger partial charge in [-0.05, 0) is 34.6 Å². The van der Waals surface area contributed by atoms with Gasteiger partial charge >= 0.3 is 12.1 Å². The summed E-state index contributed by atoms with van der Waals surface area (Å²) in [5, 5.41) is 18.2. The van der Waals surface area contributed by atoms with Crippen molar-refractivity contribution in [1.82, 2.24) is 15.8 Å². The molecule has 35 heavy (non-hydrogen) atoms. The number of alkyl carbamates (subject to hydrolysis) is 1. The Morgan fingerprint density at radius 1 is 1.06 bits per heavy atom. The summed E-state index contributed by atoms with van der Waals surface area (Å²) in [5.74, 6) is -1.76. The lowest BCUT2D eigenvalue weighted by molar-refractivity contribution is -0.139. The predicted octanol–water partition coefficient (Wildman–Crippen LogP) is 3.94. The fraction of sp³-hybridized carbons (Fsp3) is 0.308. The molecule has 0 saturated carbocycles. The van der Waals surface area contributed by atoms with Crippen LogP contribution in [0, 0.1) is 5.92 Å². The first-order valence-electron chi connectivity index (χ1n) is 11.4. The number of carbonyl (C=O) groups excluding carboxylic acids is 2. The third kappa shape index (κ3) is 5.34. The van der Waals surface area contributed by atoms with Crippen molar-refractivity contribution in [2.24, 2.45) is 5.92 Å². The normalized spacial score (nSPS) is 13.1. The fourth-order valence-electron chi connectivity index (χ4n) is 4.31. The highest BCUT2D eigenvalue weighted by molar-refractivity contribution is 5.97. The number of ether oxygens (including phenoxy) is 1. The quantitative estimate of drug-likeness (QED) is 0.425. The zero-order valence-corrected chi connectivity index (χ0v) is 19.5. The van der Waals surface area contributed by atoms with Crippen LogP contribution in [-0.4, -0.2) is 40.9 Å². The third-order valence-electron chi connectivity index (χ3n) is 5.94. The Kier molecular flexibility index (Phi) is 7.14. The number of amides is 2. The number of carbonyl (C=O) groups is 3. The standard InChI is InChI=1S/C26H27N3O6/c1-15(2)11-22(25(31)32)28-24(30)21-14-35-29-23(21)12-27-26(33)34-13-20-18-9-5-3-7-16(18)17-8-4-6-10-19(17)20/h3-10,14-15,20,22H,11-13H2,1-2H3,(H,27,33)(H,28,30)(H,31,32)/t22-/m1/s1. The number of carboxylic acid groups (broad SMARTS) is 1. The molecule has 0 bridgehead atoms. The van der Waals surface area contributed by atoms with Crippen molar-refractivity contribution in [3.8, 4) is 11.1 Å². The number of benzene rings is 2. The summed E-state index contributed by atoms with van der Waals surface area (Å²) in [6, 6.07) is 15.0. The highest BCUT2D eigenvalue weighted by atomic mass is 16.5. The van der Waals surface area contributed by atoms with E-state index in [9.17, 15) is 19.5 Å². The molecule has 4 rings (SSSR count). The van der Waals surface area contributed by atoms with Crippen molar-refractivity contribution in [3.63, 3.8) is 0 Å². The molecule has 0 spiro atoms. The highest BCUT2D eigenvalue weighted by Crippen LogP contribution is 2.44. The highest BCUT2D eigenvalue weighted by Gasteiger charge is 2.29. The number of nitrogens with one attached hydrogen (secondary N) is 2. The summed E-state index contributed by atoms with van der Waals surface area (Å²) in [7, 11) is 0. The summed E-state index contributed by atoms with van der Waals surface area (Å²) < 4.78 is 10.4. The molecule has 0 aliphatic heterocycles. The van der Waals surface area contributed by atoms with E-state index < -0.39 is 24.0 Å². The average molecular weight is 478 g/mol. The van der Waals surface area contributed by atoms with E-state index in [4.69, 9.17) is 9.26 Å². The maximum Gasteiger partial charge on any atom is 0.407 e. The van der Waals surface area contributed by atoms with Crippen LogP contribution in [0.25, 0.3) is 11.1 Å². The van der Waals surface area contributed by atoms with E-state index in [0.29, 0.717) is 0 Å². The second-order valence-corrected chi connectivity index (χ2v) is 8.85. The van der Waals surface area contributed by atoms with E-state index in [0.717, 1.165) is 28.5 Å². The maximum atomic E-state index is 12.6. The summed E-state index contributed by atoms with van der Waals surface area (Å²) in [4.78, 5) is 36.4. The monoisotopic (exact) mass is 477 g/mol. The molecule has 0 unspecified atom stereocenters. The van der Waals surface area contributed by atoms with E-state index in [1.54, 1.807) is 0 Å². The van der Waals surface area contributed by atoms with Gasteiger partial charge in [0.1, 0.15) is 30.2 Å². The third-order valence-corrected chi connectivity index (χ3v) is 5.94. The van der Waals surface area contributed by atoms with Crippen molar-refractivity contribution in [2.75, 3.05) is 6.61 Å². The van der Waals surface area contributed by atoms with Crippen LogP contribution in [0.4, 0.5) is 4.79 Å². The first-order valence-corrected chi connectivity index (χ1v) is 11.4. The van der Waals surface area contributed by atoms with Gasteiger partial charge in [-0.25, -0.2) is 9.59 Å². The average Bonchev–Trinajstić information content (AvgIpc) is 3.43. The van der Waals surface area contributed by atoms with Crippen LogP contribution in [0.1, 0.15) is 53.4 Å². The SMILES string of the molecule is CC(C)C[C@@H](NC(=O)c1conc1CNC(=O)OCC1c2ccccc2-c2ccccc21)C(=O)O. The van der Waals surface area contributed by atoms with E-state index in [2.05, 4.69) is 27.9 Å². The lowest BCUT2D eigenvalue weighted by atomic mass is 9.98. The Morgan fingerprint density at radius 2 is 1.69 bits per heavy atom. The number of hydrogen-bond donors (Lipinski definition) is 3. The first kappa shape index (κ1) is 24.0. The molecule has 9 nitrogen and oxygen atoms in total. The predicted molar refractivity (Wildman–Crippen MR) is 127 cm³/mol. The fourth-order valence-corrected chi connectivity index (χ4v) is 4.31. The van der Waals surface area contributed by atoms with Crippen LogP contribution in [0.2, 0.25) is 0 Å². The molecular formula is C26H27N3O6. The van der Waals surface area contributed by atoms with E-state index in [1.807, 2.05) is 50.2 Å². The van der Waals surface area contributed by atoms with Gasteiger partial charge in [0.15, 0.2) is 0 Å². The number of rotatable bonds is 9. The van der Waals surface area contributed by atoms with Crippen LogP contribution in [0.15, 0.2) is 59.3 Å². The summed E-state index contributed by atoms with van der Waals surface area (Å²) in [6.07, 6.45) is 0.738. The molecule has 182 valence electrons. The molecule has 1 heterocycles. The summed E-state index contributed by atoms with van der Waals surface area (Å²) in [5.41, 5.74) is 4.70. The molecule has 9 heteroatoms. The molecule has 0 fully saturated rings. The van der Waals surface area contributed by atoms with Crippen LogP contribution in [0.5, 0.6) is 0 Å². The van der Waals surface area contributed by atoms with E-state index in [1.165, 1.54) is 0 Å². The van der Waals surface area contributed by atoms with Gasteiger partial charge in [0.25, 0.3) is 5.91 Å². The number of hydrogen-bond acceptors (Lipinski definition) is 6. The number of nitrogens with zero attached hydrogens (tertiary/aromatic N) is 1. The number of fused-ring (bicyclic) bond motifs is 3.